The molecule has 0 aliphatic heterocycles. The number of hydrogen-bond donors (Lipinski definition) is 2. The minimum atomic E-state index is -0.0616. The quantitative estimate of drug-likeness (QED) is 0.615. The highest BCUT2D eigenvalue weighted by Crippen LogP contribution is 2.42. The maximum Gasteiger partial charge on any atom is 0.122 e. The van der Waals surface area contributed by atoms with Crippen molar-refractivity contribution < 1.29 is 4.42 Å². The largest absolute Gasteiger partial charge is 0.468 e. The Bertz CT molecular complexity index is 475. The minimum Gasteiger partial charge on any atom is -0.468 e. The predicted molar refractivity (Wildman–Crippen MR) is 77.5 cm³/mol. The van der Waals surface area contributed by atoms with Gasteiger partial charge in [-0.15, -0.1) is 0 Å². The van der Waals surface area contributed by atoms with E-state index in [1.807, 2.05) is 18.2 Å². The lowest BCUT2D eigenvalue weighted by molar-refractivity contribution is 0.243. The van der Waals surface area contributed by atoms with Crippen molar-refractivity contribution in [2.45, 2.75) is 38.1 Å². The van der Waals surface area contributed by atoms with Crippen LogP contribution in [0, 0.1) is 0 Å². The predicted octanol–water partition coefficient (Wildman–Crippen LogP) is 3.54. The number of hydrogen-bond acceptors (Lipinski definition) is 3. The summed E-state index contributed by atoms with van der Waals surface area (Å²) in [6.07, 6.45) is 3.67. The molecule has 1 heterocycles. The van der Waals surface area contributed by atoms with Crippen molar-refractivity contribution in [2.24, 2.45) is 5.84 Å². The lowest BCUT2D eigenvalue weighted by Gasteiger charge is -2.38. The van der Waals surface area contributed by atoms with E-state index in [4.69, 9.17) is 10.3 Å². The molecule has 0 radical (unpaired) electrons. The smallest absolute Gasteiger partial charge is 0.122 e. The third kappa shape index (κ3) is 2.44. The highest BCUT2D eigenvalue weighted by atomic mass is 16.3. The van der Waals surface area contributed by atoms with Crippen LogP contribution in [0.5, 0.6) is 0 Å². The van der Waals surface area contributed by atoms with Gasteiger partial charge in [-0.1, -0.05) is 44.2 Å². The van der Waals surface area contributed by atoms with Crippen LogP contribution in [0.25, 0.3) is 0 Å². The third-order valence-electron chi connectivity index (χ3n) is 4.16. The molecule has 19 heavy (non-hydrogen) atoms. The van der Waals surface area contributed by atoms with E-state index >= 15 is 0 Å². The van der Waals surface area contributed by atoms with Gasteiger partial charge in [0.05, 0.1) is 12.3 Å². The molecule has 0 aliphatic carbocycles. The van der Waals surface area contributed by atoms with Crippen LogP contribution in [-0.2, 0) is 5.41 Å². The number of rotatable bonds is 6. The monoisotopic (exact) mass is 258 g/mol. The number of nitrogens with two attached hydrogens (primary N) is 1. The Labute approximate surface area is 114 Å². The Morgan fingerprint density at radius 2 is 1.79 bits per heavy atom. The molecular formula is C16H22N2O. The molecule has 0 spiro atoms. The standard InChI is InChI=1S/C16H22N2O/c1-3-16(4-2,13-9-6-5-7-10-13)15(18-17)14-11-8-12-19-14/h5-12,15,18H,3-4,17H2,1-2H3. The first-order valence-corrected chi connectivity index (χ1v) is 6.83. The van der Waals surface area contributed by atoms with Crippen molar-refractivity contribution in [3.05, 3.63) is 60.1 Å². The van der Waals surface area contributed by atoms with E-state index < -0.39 is 0 Å². The van der Waals surface area contributed by atoms with Crippen molar-refractivity contribution >= 4 is 0 Å². The summed E-state index contributed by atoms with van der Waals surface area (Å²) in [5.74, 6) is 6.71. The van der Waals surface area contributed by atoms with E-state index in [-0.39, 0.29) is 11.5 Å². The topological polar surface area (TPSA) is 51.2 Å². The van der Waals surface area contributed by atoms with E-state index in [0.717, 1.165) is 18.6 Å². The molecule has 102 valence electrons. The molecular weight excluding hydrogens is 236 g/mol. The summed E-state index contributed by atoms with van der Waals surface area (Å²) in [5.41, 5.74) is 4.18. The van der Waals surface area contributed by atoms with Gasteiger partial charge in [0.2, 0.25) is 0 Å². The van der Waals surface area contributed by atoms with Crippen LogP contribution < -0.4 is 11.3 Å². The average Bonchev–Trinajstić information content (AvgIpc) is 2.99. The highest BCUT2D eigenvalue weighted by molar-refractivity contribution is 5.30. The molecule has 1 aromatic heterocycles. The minimum absolute atomic E-state index is 0.0279. The maximum atomic E-state index is 5.83. The van der Waals surface area contributed by atoms with Crippen LogP contribution >= 0.6 is 0 Å². The van der Waals surface area contributed by atoms with Crippen molar-refractivity contribution in [1.29, 1.82) is 0 Å². The van der Waals surface area contributed by atoms with Gasteiger partial charge in [0.1, 0.15) is 5.76 Å². The van der Waals surface area contributed by atoms with Gasteiger partial charge in [0.15, 0.2) is 0 Å². The number of benzene rings is 1. The Morgan fingerprint density at radius 1 is 1.11 bits per heavy atom. The zero-order chi connectivity index (χ0) is 13.7. The fourth-order valence-electron chi connectivity index (χ4n) is 2.97. The molecule has 1 aromatic carbocycles. The number of hydrazine groups is 1. The van der Waals surface area contributed by atoms with E-state index in [1.165, 1.54) is 5.56 Å². The summed E-state index contributed by atoms with van der Waals surface area (Å²) in [6, 6.07) is 14.4. The second-order valence-corrected chi connectivity index (χ2v) is 4.84. The Morgan fingerprint density at radius 3 is 2.26 bits per heavy atom. The first-order valence-electron chi connectivity index (χ1n) is 6.83. The molecule has 2 rings (SSSR count). The second-order valence-electron chi connectivity index (χ2n) is 4.84. The Balaban J connectivity index is 2.49. The van der Waals surface area contributed by atoms with Crippen molar-refractivity contribution in [2.75, 3.05) is 0 Å². The first-order chi connectivity index (χ1) is 9.28. The van der Waals surface area contributed by atoms with Crippen LogP contribution in [0.2, 0.25) is 0 Å². The molecule has 3 nitrogen and oxygen atoms in total. The van der Waals surface area contributed by atoms with Crippen molar-refractivity contribution in [3.63, 3.8) is 0 Å². The summed E-state index contributed by atoms with van der Waals surface area (Å²) >= 11 is 0. The molecule has 2 aromatic rings. The number of nitrogens with one attached hydrogen (secondary N) is 1. The summed E-state index contributed by atoms with van der Waals surface area (Å²) in [4.78, 5) is 0. The summed E-state index contributed by atoms with van der Waals surface area (Å²) in [7, 11) is 0. The zero-order valence-corrected chi connectivity index (χ0v) is 11.6. The van der Waals surface area contributed by atoms with Gasteiger partial charge < -0.3 is 4.42 Å². The van der Waals surface area contributed by atoms with Gasteiger partial charge in [0, 0.05) is 5.41 Å². The maximum absolute atomic E-state index is 5.83. The number of furan rings is 1. The third-order valence-corrected chi connectivity index (χ3v) is 4.16. The molecule has 1 unspecified atom stereocenters. The molecule has 0 amide bonds. The molecule has 0 saturated carbocycles. The molecule has 0 saturated heterocycles. The second kappa shape index (κ2) is 6.04. The van der Waals surface area contributed by atoms with Crippen molar-refractivity contribution in [3.8, 4) is 0 Å². The van der Waals surface area contributed by atoms with Crippen LogP contribution in [0.1, 0.15) is 44.1 Å². The lowest BCUT2D eigenvalue weighted by Crippen LogP contribution is -2.44. The Kier molecular flexibility index (Phi) is 4.40. The van der Waals surface area contributed by atoms with Gasteiger partial charge in [-0.05, 0) is 30.5 Å². The fourth-order valence-corrected chi connectivity index (χ4v) is 2.97. The summed E-state index contributed by atoms with van der Waals surface area (Å²) < 4.78 is 5.58. The molecule has 0 fully saturated rings. The van der Waals surface area contributed by atoms with Crippen LogP contribution in [0.15, 0.2) is 53.1 Å². The van der Waals surface area contributed by atoms with E-state index in [2.05, 4.69) is 43.5 Å². The molecule has 0 aliphatic rings. The fraction of sp³-hybridized carbons (Fsp3) is 0.375. The molecule has 3 N–H and O–H groups in total. The van der Waals surface area contributed by atoms with Crippen LogP contribution in [0.4, 0.5) is 0 Å². The SMILES string of the molecule is CCC(CC)(c1ccccc1)C(NN)c1ccco1. The van der Waals surface area contributed by atoms with E-state index in [9.17, 15) is 0 Å². The van der Waals surface area contributed by atoms with Gasteiger partial charge in [-0.25, -0.2) is 5.43 Å². The van der Waals surface area contributed by atoms with E-state index in [1.54, 1.807) is 6.26 Å². The van der Waals surface area contributed by atoms with Gasteiger partial charge in [-0.3, -0.25) is 5.84 Å². The highest BCUT2D eigenvalue weighted by Gasteiger charge is 2.39. The Hall–Kier alpha value is -1.58. The van der Waals surface area contributed by atoms with Gasteiger partial charge in [0.25, 0.3) is 0 Å². The summed E-state index contributed by atoms with van der Waals surface area (Å²) in [5, 5.41) is 0. The normalized spacial score (nSPS) is 13.4. The van der Waals surface area contributed by atoms with Crippen molar-refractivity contribution in [1.82, 2.24) is 5.43 Å². The molecule has 1 atom stereocenters. The summed E-state index contributed by atoms with van der Waals surface area (Å²) in [6.45, 7) is 4.40. The first kappa shape index (κ1) is 13.8. The van der Waals surface area contributed by atoms with Crippen LogP contribution in [0.3, 0.4) is 0 Å². The zero-order valence-electron chi connectivity index (χ0n) is 11.6. The molecule has 0 bridgehead atoms. The van der Waals surface area contributed by atoms with E-state index in [0.29, 0.717) is 0 Å². The van der Waals surface area contributed by atoms with Gasteiger partial charge in [-0.2, -0.15) is 0 Å². The lowest BCUT2D eigenvalue weighted by atomic mass is 9.69. The molecule has 3 heteroatoms. The average molecular weight is 258 g/mol. The van der Waals surface area contributed by atoms with Gasteiger partial charge >= 0.3 is 0 Å². The van der Waals surface area contributed by atoms with Crippen LogP contribution in [-0.4, -0.2) is 0 Å².